The largest absolute Gasteiger partial charge is 0.513 e. The first-order chi connectivity index (χ1) is 13.9. The molecular formula is C26H26O3. The maximum atomic E-state index is 11.4. The zero-order valence-electron chi connectivity index (χ0n) is 17.4. The molecule has 0 radical (unpaired) electrons. The van der Waals surface area contributed by atoms with Crippen molar-refractivity contribution >= 4 is 11.7 Å². The highest BCUT2D eigenvalue weighted by Gasteiger charge is 2.33. The molecule has 0 bridgehead atoms. The van der Waals surface area contributed by atoms with E-state index < -0.39 is 11.6 Å². The smallest absolute Gasteiger partial charge is 0.437 e. The summed E-state index contributed by atoms with van der Waals surface area (Å²) in [5.41, 5.74) is 6.40. The van der Waals surface area contributed by atoms with Gasteiger partial charge in [0.05, 0.1) is 7.11 Å². The molecule has 3 heteroatoms. The fourth-order valence-corrected chi connectivity index (χ4v) is 3.65. The van der Waals surface area contributed by atoms with E-state index in [1.54, 1.807) is 12.1 Å². The van der Waals surface area contributed by atoms with Gasteiger partial charge in [0, 0.05) is 5.41 Å². The highest BCUT2D eigenvalue weighted by Crippen LogP contribution is 2.42. The minimum absolute atomic E-state index is 0.410. The summed E-state index contributed by atoms with van der Waals surface area (Å²) in [6, 6.07) is 24.5. The van der Waals surface area contributed by atoms with Crippen molar-refractivity contribution in [3.63, 3.8) is 0 Å². The summed E-state index contributed by atoms with van der Waals surface area (Å²) < 4.78 is 9.72. The summed E-state index contributed by atoms with van der Waals surface area (Å²) >= 11 is 0. The Bertz CT molecular complexity index is 1020. The van der Waals surface area contributed by atoms with E-state index in [4.69, 9.17) is 4.74 Å². The average molecular weight is 386 g/mol. The number of aryl methyl sites for hydroxylation is 1. The average Bonchev–Trinajstić information content (AvgIpc) is 2.74. The van der Waals surface area contributed by atoms with Crippen LogP contribution in [0.2, 0.25) is 0 Å². The summed E-state index contributed by atoms with van der Waals surface area (Å²) in [5.74, 6) is 0.444. The number of methoxy groups -OCH3 is 1. The quantitative estimate of drug-likeness (QED) is 0.284. The van der Waals surface area contributed by atoms with E-state index in [9.17, 15) is 4.79 Å². The van der Waals surface area contributed by atoms with Crippen molar-refractivity contribution in [3.8, 4) is 5.75 Å². The first kappa shape index (κ1) is 20.4. The summed E-state index contributed by atoms with van der Waals surface area (Å²) in [7, 11) is 1.29. The second kappa shape index (κ2) is 8.36. The van der Waals surface area contributed by atoms with Crippen LogP contribution in [-0.2, 0) is 10.2 Å². The lowest BCUT2D eigenvalue weighted by Crippen LogP contribution is -2.26. The van der Waals surface area contributed by atoms with Crippen LogP contribution in [0, 0.1) is 6.92 Å². The normalized spacial score (nSPS) is 12.7. The molecule has 1 unspecified atom stereocenters. The molecule has 1 atom stereocenters. The Morgan fingerprint density at radius 1 is 0.897 bits per heavy atom. The lowest BCUT2D eigenvalue weighted by molar-refractivity contribution is 0.121. The van der Waals surface area contributed by atoms with E-state index in [1.165, 1.54) is 23.8 Å². The number of carbonyl (C=O) groups excluding carboxylic acids is 1. The highest BCUT2D eigenvalue weighted by atomic mass is 16.7. The number of carbonyl (C=O) groups is 1. The zero-order chi connectivity index (χ0) is 21.0. The molecule has 0 heterocycles. The van der Waals surface area contributed by atoms with Gasteiger partial charge < -0.3 is 9.47 Å². The van der Waals surface area contributed by atoms with Gasteiger partial charge in [0.15, 0.2) is 0 Å². The van der Waals surface area contributed by atoms with Crippen LogP contribution >= 0.6 is 0 Å². The van der Waals surface area contributed by atoms with E-state index in [-0.39, 0.29) is 0 Å². The first-order valence-corrected chi connectivity index (χ1v) is 9.55. The summed E-state index contributed by atoms with van der Waals surface area (Å²) in [5, 5.41) is 0. The van der Waals surface area contributed by atoms with Crippen molar-refractivity contribution in [2.24, 2.45) is 0 Å². The molecule has 0 saturated carbocycles. The topological polar surface area (TPSA) is 35.5 Å². The van der Waals surface area contributed by atoms with E-state index in [0.717, 1.165) is 16.7 Å². The van der Waals surface area contributed by atoms with Gasteiger partial charge in [-0.05, 0) is 55.2 Å². The van der Waals surface area contributed by atoms with Crippen LogP contribution in [0.15, 0.2) is 79.4 Å². The maximum absolute atomic E-state index is 11.4. The lowest BCUT2D eigenvalue weighted by Gasteiger charge is -2.34. The van der Waals surface area contributed by atoms with Crippen molar-refractivity contribution in [2.45, 2.75) is 26.2 Å². The van der Waals surface area contributed by atoms with Crippen LogP contribution in [0.3, 0.4) is 0 Å². The van der Waals surface area contributed by atoms with Crippen molar-refractivity contribution in [3.05, 3.63) is 107 Å². The van der Waals surface area contributed by atoms with Gasteiger partial charge in [0.25, 0.3) is 0 Å². The molecule has 0 aliphatic carbocycles. The van der Waals surface area contributed by atoms with Crippen LogP contribution in [0.25, 0.3) is 5.57 Å². The Hall–Kier alpha value is -3.33. The number of hydrogen-bond acceptors (Lipinski definition) is 3. The second-order valence-electron chi connectivity index (χ2n) is 7.40. The minimum atomic E-state index is -0.730. The predicted molar refractivity (Wildman–Crippen MR) is 117 cm³/mol. The molecule has 0 amide bonds. The summed E-state index contributed by atoms with van der Waals surface area (Å²) in [6.45, 7) is 10.5. The van der Waals surface area contributed by atoms with Gasteiger partial charge in [-0.25, -0.2) is 4.79 Å². The molecule has 3 aromatic carbocycles. The molecule has 3 aromatic rings. The number of ether oxygens (including phenoxy) is 2. The van der Waals surface area contributed by atoms with Gasteiger partial charge in [-0.3, -0.25) is 0 Å². The number of hydrogen-bond donors (Lipinski definition) is 0. The third kappa shape index (κ3) is 4.09. The summed E-state index contributed by atoms with van der Waals surface area (Å²) in [6.07, 6.45) is -0.730. The Balaban J connectivity index is 2.18. The Labute approximate surface area is 172 Å². The lowest BCUT2D eigenvalue weighted by atomic mass is 9.69. The Morgan fingerprint density at radius 3 is 2.00 bits per heavy atom. The van der Waals surface area contributed by atoms with Crippen LogP contribution in [0.4, 0.5) is 4.79 Å². The van der Waals surface area contributed by atoms with E-state index in [2.05, 4.69) is 67.6 Å². The molecule has 29 heavy (non-hydrogen) atoms. The fraction of sp³-hybridized carbons (Fsp3) is 0.192. The van der Waals surface area contributed by atoms with Crippen LogP contribution in [0.5, 0.6) is 5.75 Å². The monoisotopic (exact) mass is 386 g/mol. The first-order valence-electron chi connectivity index (χ1n) is 9.55. The van der Waals surface area contributed by atoms with Gasteiger partial charge in [-0.15, -0.1) is 0 Å². The van der Waals surface area contributed by atoms with Gasteiger partial charge in [0.1, 0.15) is 5.75 Å². The van der Waals surface area contributed by atoms with E-state index >= 15 is 0 Å². The molecule has 0 spiro atoms. The molecule has 0 aliphatic heterocycles. The van der Waals surface area contributed by atoms with Gasteiger partial charge in [0.2, 0.25) is 0 Å². The fourth-order valence-electron chi connectivity index (χ4n) is 3.65. The molecule has 148 valence electrons. The van der Waals surface area contributed by atoms with Crippen LogP contribution in [-0.4, -0.2) is 13.3 Å². The summed E-state index contributed by atoms with van der Waals surface area (Å²) in [4.78, 5) is 11.4. The molecule has 3 rings (SSSR count). The third-order valence-electron chi connectivity index (χ3n) is 5.35. The molecule has 0 N–H and O–H groups in total. The Morgan fingerprint density at radius 2 is 1.45 bits per heavy atom. The van der Waals surface area contributed by atoms with Crippen LogP contribution < -0.4 is 4.74 Å². The van der Waals surface area contributed by atoms with Crippen molar-refractivity contribution < 1.29 is 14.3 Å². The zero-order valence-corrected chi connectivity index (χ0v) is 17.4. The van der Waals surface area contributed by atoms with Gasteiger partial charge >= 0.3 is 6.16 Å². The number of benzene rings is 3. The van der Waals surface area contributed by atoms with Crippen molar-refractivity contribution in [1.82, 2.24) is 0 Å². The SMILES string of the molecule is C=C(C)c1ccccc1C(C)(c1ccc(C)cc1)c1ccc(OC(=O)OC)cc1. The third-order valence-corrected chi connectivity index (χ3v) is 5.35. The van der Waals surface area contributed by atoms with Crippen LogP contribution in [0.1, 0.15) is 41.7 Å². The molecule has 3 nitrogen and oxygen atoms in total. The van der Waals surface area contributed by atoms with E-state index in [1.807, 2.05) is 25.1 Å². The Kier molecular flexibility index (Phi) is 5.88. The molecule has 0 saturated heterocycles. The van der Waals surface area contributed by atoms with Crippen molar-refractivity contribution in [1.29, 1.82) is 0 Å². The second-order valence-corrected chi connectivity index (χ2v) is 7.40. The minimum Gasteiger partial charge on any atom is -0.437 e. The highest BCUT2D eigenvalue weighted by molar-refractivity contribution is 5.69. The molecule has 0 fully saturated rings. The molecule has 0 aliphatic rings. The number of allylic oxidation sites excluding steroid dienone is 1. The van der Waals surface area contributed by atoms with Gasteiger partial charge in [-0.1, -0.05) is 78.4 Å². The van der Waals surface area contributed by atoms with Gasteiger partial charge in [-0.2, -0.15) is 0 Å². The van der Waals surface area contributed by atoms with Crippen molar-refractivity contribution in [2.75, 3.05) is 7.11 Å². The maximum Gasteiger partial charge on any atom is 0.513 e. The molecule has 0 aromatic heterocycles. The predicted octanol–water partition coefficient (Wildman–Crippen LogP) is 6.53. The molecular weight excluding hydrogens is 360 g/mol. The standard InChI is InChI=1S/C26H26O3/c1-18(2)23-8-6-7-9-24(23)26(4,20-12-10-19(3)11-13-20)21-14-16-22(17-15-21)29-25(27)28-5/h6-17H,1H2,2-5H3. The number of rotatable bonds is 5. The van der Waals surface area contributed by atoms with E-state index in [0.29, 0.717) is 5.75 Å².